The minimum absolute atomic E-state index is 0.143. The molecule has 3 fully saturated rings. The Bertz CT molecular complexity index is 933. The van der Waals surface area contributed by atoms with Crippen molar-refractivity contribution in [2.24, 2.45) is 5.41 Å². The normalized spacial score (nSPS) is 30.4. The molecule has 0 aromatic heterocycles. The summed E-state index contributed by atoms with van der Waals surface area (Å²) in [5, 5.41) is 2.35. The summed E-state index contributed by atoms with van der Waals surface area (Å²) in [4.78, 5) is 40.8. The fraction of sp³-hybridized carbons (Fsp3) is 0.640. The Kier molecular flexibility index (Phi) is 5.48. The predicted molar refractivity (Wildman–Crippen MR) is 119 cm³/mol. The molecule has 3 heterocycles. The van der Waals surface area contributed by atoms with Crippen LogP contribution in [-0.4, -0.2) is 58.8 Å². The number of piperidine rings is 2. The number of carbonyl (C=O) groups excluding carboxylic acids is 3. The quantitative estimate of drug-likeness (QED) is 0.730. The number of imide groups is 1. The zero-order chi connectivity index (χ0) is 22.5. The zero-order valence-corrected chi connectivity index (χ0v) is 19.1. The van der Waals surface area contributed by atoms with E-state index in [1.807, 2.05) is 18.2 Å². The van der Waals surface area contributed by atoms with Gasteiger partial charge in [-0.1, -0.05) is 13.8 Å². The van der Waals surface area contributed by atoms with E-state index in [1.165, 1.54) is 25.7 Å². The minimum atomic E-state index is -0.584. The number of carbonyl (C=O) groups is 3. The number of hydrogen-bond acceptors (Lipinski definition) is 5. The van der Waals surface area contributed by atoms with Crippen molar-refractivity contribution in [3.63, 3.8) is 0 Å². The van der Waals surface area contributed by atoms with Gasteiger partial charge in [0.1, 0.15) is 17.9 Å². The number of nitrogens with one attached hydrogen (secondary N) is 1. The first-order chi connectivity index (χ1) is 15.3. The molecular weight excluding hydrogens is 406 g/mol. The lowest BCUT2D eigenvalue weighted by Crippen LogP contribution is -2.52. The largest absolute Gasteiger partial charge is 0.489 e. The molecule has 1 saturated carbocycles. The summed E-state index contributed by atoms with van der Waals surface area (Å²) in [7, 11) is 0. The van der Waals surface area contributed by atoms with Crippen LogP contribution in [0.1, 0.15) is 74.7 Å². The van der Waals surface area contributed by atoms with E-state index in [1.54, 1.807) is 4.90 Å². The van der Waals surface area contributed by atoms with Crippen LogP contribution in [0.4, 0.5) is 0 Å². The molecule has 2 saturated heterocycles. The first-order valence-corrected chi connectivity index (χ1v) is 12.0. The van der Waals surface area contributed by atoms with Gasteiger partial charge in [0.2, 0.25) is 11.8 Å². The summed E-state index contributed by atoms with van der Waals surface area (Å²) in [5.41, 5.74) is 1.96. The lowest BCUT2D eigenvalue weighted by Gasteiger charge is -2.41. The molecule has 1 aromatic carbocycles. The number of ether oxygens (including phenoxy) is 1. The van der Waals surface area contributed by atoms with Gasteiger partial charge in [-0.15, -0.1) is 0 Å². The Morgan fingerprint density at radius 1 is 1.06 bits per heavy atom. The first-order valence-electron chi connectivity index (χ1n) is 12.0. The lowest BCUT2D eigenvalue weighted by molar-refractivity contribution is -0.136. The fourth-order valence-corrected chi connectivity index (χ4v) is 5.72. The van der Waals surface area contributed by atoms with E-state index in [9.17, 15) is 14.4 Å². The third kappa shape index (κ3) is 4.03. The molecule has 172 valence electrons. The molecule has 1 aliphatic carbocycles. The van der Waals surface area contributed by atoms with Crippen molar-refractivity contribution in [1.29, 1.82) is 0 Å². The third-order valence-electron chi connectivity index (χ3n) is 7.82. The van der Waals surface area contributed by atoms with Crippen LogP contribution < -0.4 is 10.1 Å². The average molecular weight is 440 g/mol. The molecule has 3 atom stereocenters. The van der Waals surface area contributed by atoms with Crippen molar-refractivity contribution in [3.05, 3.63) is 29.3 Å². The van der Waals surface area contributed by atoms with Crippen LogP contribution in [0.5, 0.6) is 5.75 Å². The van der Waals surface area contributed by atoms with Gasteiger partial charge in [0.05, 0.1) is 0 Å². The van der Waals surface area contributed by atoms with E-state index in [-0.39, 0.29) is 30.2 Å². The van der Waals surface area contributed by atoms with E-state index < -0.39 is 6.04 Å². The highest BCUT2D eigenvalue weighted by molar-refractivity contribution is 6.05. The van der Waals surface area contributed by atoms with Crippen molar-refractivity contribution < 1.29 is 19.1 Å². The Morgan fingerprint density at radius 2 is 1.84 bits per heavy atom. The van der Waals surface area contributed by atoms with Crippen LogP contribution in [0, 0.1) is 5.41 Å². The third-order valence-corrected chi connectivity index (χ3v) is 7.82. The second kappa shape index (κ2) is 8.18. The van der Waals surface area contributed by atoms with Crippen molar-refractivity contribution >= 4 is 17.7 Å². The number of hydrogen-bond donors (Lipinski definition) is 1. The highest BCUT2D eigenvalue weighted by Crippen LogP contribution is 2.36. The molecule has 0 bridgehead atoms. The average Bonchev–Trinajstić information content (AvgIpc) is 3.33. The van der Waals surface area contributed by atoms with Crippen LogP contribution >= 0.6 is 0 Å². The monoisotopic (exact) mass is 439 g/mol. The molecule has 32 heavy (non-hydrogen) atoms. The molecule has 1 aromatic rings. The summed E-state index contributed by atoms with van der Waals surface area (Å²) in [6.45, 7) is 7.37. The van der Waals surface area contributed by atoms with E-state index in [0.717, 1.165) is 30.8 Å². The van der Waals surface area contributed by atoms with Gasteiger partial charge in [-0.3, -0.25) is 24.6 Å². The van der Waals surface area contributed by atoms with E-state index in [0.29, 0.717) is 30.0 Å². The summed E-state index contributed by atoms with van der Waals surface area (Å²) in [5.74, 6) is 0.0125. The molecule has 0 spiro atoms. The maximum Gasteiger partial charge on any atom is 0.255 e. The topological polar surface area (TPSA) is 79.0 Å². The predicted octanol–water partition coefficient (Wildman–Crippen LogP) is 2.87. The Balaban J connectivity index is 1.26. The van der Waals surface area contributed by atoms with Gasteiger partial charge in [0.15, 0.2) is 0 Å². The lowest BCUT2D eigenvalue weighted by atomic mass is 9.82. The second-order valence-corrected chi connectivity index (χ2v) is 10.6. The van der Waals surface area contributed by atoms with Gasteiger partial charge >= 0.3 is 0 Å². The van der Waals surface area contributed by atoms with Crippen LogP contribution in [0.25, 0.3) is 0 Å². The number of rotatable bonds is 4. The SMILES string of the molecule is CC1(C)CCN([C@@H]2CCC[C@H]2Oc2ccc3c(c2)CN(C2CCC(=O)NC2=O)C3=O)CC1. The van der Waals surface area contributed by atoms with Gasteiger partial charge in [0.25, 0.3) is 5.91 Å². The number of amides is 3. The van der Waals surface area contributed by atoms with Crippen molar-refractivity contribution in [1.82, 2.24) is 15.1 Å². The molecule has 1 unspecified atom stereocenters. The standard InChI is InChI=1S/C25H33N3O4/c1-25(2)10-12-27(13-11-25)19-4-3-5-21(19)32-17-6-7-18-16(14-17)15-28(24(18)31)20-8-9-22(29)26-23(20)30/h6-7,14,19-21H,3-5,8-13,15H2,1-2H3,(H,26,29,30)/t19-,20?,21-/m1/s1. The van der Waals surface area contributed by atoms with Crippen molar-refractivity contribution in [3.8, 4) is 5.75 Å². The van der Waals surface area contributed by atoms with Crippen LogP contribution in [0.3, 0.4) is 0 Å². The van der Waals surface area contributed by atoms with E-state index in [2.05, 4.69) is 24.1 Å². The highest BCUT2D eigenvalue weighted by atomic mass is 16.5. The van der Waals surface area contributed by atoms with Crippen molar-refractivity contribution in [2.75, 3.05) is 13.1 Å². The van der Waals surface area contributed by atoms with Crippen LogP contribution in [0.15, 0.2) is 18.2 Å². The van der Waals surface area contributed by atoms with Crippen molar-refractivity contribution in [2.45, 2.75) is 83.5 Å². The molecule has 4 aliphatic rings. The van der Waals surface area contributed by atoms with Gasteiger partial charge in [0, 0.05) is 24.6 Å². The molecule has 3 aliphatic heterocycles. The summed E-state index contributed by atoms with van der Waals surface area (Å²) in [6, 6.07) is 5.56. The summed E-state index contributed by atoms with van der Waals surface area (Å²) in [6.07, 6.45) is 6.70. The highest BCUT2D eigenvalue weighted by Gasteiger charge is 2.40. The molecule has 7 nitrogen and oxygen atoms in total. The Hall–Kier alpha value is -2.41. The molecule has 1 N–H and O–H groups in total. The fourth-order valence-electron chi connectivity index (χ4n) is 5.72. The molecule has 7 heteroatoms. The number of nitrogens with zero attached hydrogens (tertiary/aromatic N) is 2. The van der Waals surface area contributed by atoms with Gasteiger partial charge in [-0.25, -0.2) is 0 Å². The van der Waals surface area contributed by atoms with Gasteiger partial charge in [-0.2, -0.15) is 0 Å². The Labute approximate surface area is 189 Å². The van der Waals surface area contributed by atoms with Gasteiger partial charge in [-0.05, 0) is 80.8 Å². The van der Waals surface area contributed by atoms with Gasteiger partial charge < -0.3 is 9.64 Å². The van der Waals surface area contributed by atoms with Crippen LogP contribution in [-0.2, 0) is 16.1 Å². The summed E-state index contributed by atoms with van der Waals surface area (Å²) >= 11 is 0. The molecule has 5 rings (SSSR count). The van der Waals surface area contributed by atoms with E-state index in [4.69, 9.17) is 4.74 Å². The minimum Gasteiger partial charge on any atom is -0.489 e. The number of fused-ring (bicyclic) bond motifs is 1. The number of benzene rings is 1. The first kappa shape index (κ1) is 21.4. The second-order valence-electron chi connectivity index (χ2n) is 10.6. The molecule has 0 radical (unpaired) electrons. The maximum atomic E-state index is 12.9. The zero-order valence-electron chi connectivity index (χ0n) is 19.1. The Morgan fingerprint density at radius 3 is 2.59 bits per heavy atom. The molecule has 3 amide bonds. The van der Waals surface area contributed by atoms with E-state index >= 15 is 0 Å². The smallest absolute Gasteiger partial charge is 0.255 e. The maximum absolute atomic E-state index is 12.9. The van der Waals surface area contributed by atoms with Crippen LogP contribution in [0.2, 0.25) is 0 Å². The molecular formula is C25H33N3O4. The summed E-state index contributed by atoms with van der Waals surface area (Å²) < 4.78 is 6.47. The number of likely N-dealkylation sites (tertiary alicyclic amines) is 1.